The van der Waals surface area contributed by atoms with E-state index >= 15 is 0 Å². The number of anilines is 1. The Hall–Kier alpha value is -3.33. The minimum atomic E-state index is -0.580. The smallest absolute Gasteiger partial charge is 0.251 e. The first-order chi connectivity index (χ1) is 13.7. The van der Waals surface area contributed by atoms with Gasteiger partial charge in [-0.1, -0.05) is 41.7 Å². The third-order valence-corrected chi connectivity index (χ3v) is 5.09. The molecule has 0 saturated heterocycles. The van der Waals surface area contributed by atoms with Crippen molar-refractivity contribution in [2.24, 2.45) is 0 Å². The molecule has 4 rings (SSSR count). The van der Waals surface area contributed by atoms with Gasteiger partial charge in [0.2, 0.25) is 0 Å². The molecule has 2 aromatic carbocycles. The summed E-state index contributed by atoms with van der Waals surface area (Å²) >= 11 is 1.40. The van der Waals surface area contributed by atoms with E-state index in [1.807, 2.05) is 55.5 Å². The number of hydrogen-bond acceptors (Lipinski definition) is 7. The van der Waals surface area contributed by atoms with E-state index in [1.165, 1.54) is 22.3 Å². The van der Waals surface area contributed by atoms with Crippen LogP contribution in [0.5, 0.6) is 5.75 Å². The molecule has 0 radical (unpaired) electrons. The molecule has 142 valence electrons. The second-order valence-electron chi connectivity index (χ2n) is 6.07. The second-order valence-corrected chi connectivity index (χ2v) is 7.10. The van der Waals surface area contributed by atoms with Crippen molar-refractivity contribution in [3.8, 4) is 5.75 Å². The van der Waals surface area contributed by atoms with Gasteiger partial charge in [0.1, 0.15) is 18.1 Å². The predicted octanol–water partition coefficient (Wildman–Crippen LogP) is 3.10. The molecule has 0 fully saturated rings. The molecule has 1 amide bonds. The number of aromatic nitrogens is 5. The summed E-state index contributed by atoms with van der Waals surface area (Å²) in [5.74, 6) is 0.562. The van der Waals surface area contributed by atoms with Gasteiger partial charge in [-0.15, -0.1) is 5.10 Å². The number of rotatable bonds is 7. The van der Waals surface area contributed by atoms with Crippen molar-refractivity contribution in [3.05, 3.63) is 60.4 Å². The molecule has 2 heterocycles. The lowest BCUT2D eigenvalue weighted by Crippen LogP contribution is -2.28. The minimum absolute atomic E-state index is 0.222. The lowest BCUT2D eigenvalue weighted by atomic mass is 10.1. The molecule has 1 atom stereocenters. The average Bonchev–Trinajstić information content (AvgIpc) is 3.36. The Morgan fingerprint density at radius 2 is 2.11 bits per heavy atom. The van der Waals surface area contributed by atoms with Crippen LogP contribution in [0.15, 0.2) is 54.9 Å². The molecule has 0 aliphatic rings. The highest BCUT2D eigenvalue weighted by molar-refractivity contribution is 7.22. The monoisotopic (exact) mass is 394 g/mol. The first kappa shape index (κ1) is 18.1. The maximum absolute atomic E-state index is 13.0. The number of amides is 1. The molecule has 0 spiro atoms. The highest BCUT2D eigenvalue weighted by Gasteiger charge is 2.23. The van der Waals surface area contributed by atoms with Gasteiger partial charge in [0, 0.05) is 6.42 Å². The van der Waals surface area contributed by atoms with E-state index in [-0.39, 0.29) is 5.91 Å². The van der Waals surface area contributed by atoms with Gasteiger partial charge in [0.25, 0.3) is 5.91 Å². The fourth-order valence-electron chi connectivity index (χ4n) is 2.86. The Morgan fingerprint density at radius 1 is 1.25 bits per heavy atom. The molecule has 28 heavy (non-hydrogen) atoms. The van der Waals surface area contributed by atoms with Gasteiger partial charge >= 0.3 is 0 Å². The van der Waals surface area contributed by atoms with Crippen molar-refractivity contribution in [2.75, 3.05) is 11.9 Å². The number of nitrogens with zero attached hydrogens (tertiary/aromatic N) is 5. The predicted molar refractivity (Wildman–Crippen MR) is 106 cm³/mol. The molecule has 0 saturated carbocycles. The Kier molecular flexibility index (Phi) is 5.24. The van der Waals surface area contributed by atoms with E-state index in [2.05, 4.69) is 25.8 Å². The van der Waals surface area contributed by atoms with E-state index in [0.29, 0.717) is 18.2 Å². The molecule has 9 heteroatoms. The number of hydrogen-bond donors (Lipinski definition) is 1. The van der Waals surface area contributed by atoms with Crippen LogP contribution < -0.4 is 10.1 Å². The molecule has 8 nitrogen and oxygen atoms in total. The summed E-state index contributed by atoms with van der Waals surface area (Å²) < 4.78 is 7.93. The van der Waals surface area contributed by atoms with Crippen molar-refractivity contribution < 1.29 is 9.53 Å². The van der Waals surface area contributed by atoms with Gasteiger partial charge in [0.05, 0.1) is 16.8 Å². The van der Waals surface area contributed by atoms with Crippen LogP contribution >= 0.6 is 11.3 Å². The number of carbonyl (C=O) groups excluding carboxylic acids is 1. The number of tetrazole rings is 1. The topological polar surface area (TPSA) is 94.8 Å². The number of benzene rings is 2. The normalized spacial score (nSPS) is 12.0. The van der Waals surface area contributed by atoms with Crippen LogP contribution in [0.3, 0.4) is 0 Å². The van der Waals surface area contributed by atoms with Gasteiger partial charge in [-0.25, -0.2) is 9.67 Å². The van der Waals surface area contributed by atoms with Crippen molar-refractivity contribution in [1.82, 2.24) is 25.2 Å². The molecule has 2 aromatic heterocycles. The van der Waals surface area contributed by atoms with Crippen LogP contribution in [-0.2, 0) is 11.2 Å². The van der Waals surface area contributed by atoms with Crippen molar-refractivity contribution in [2.45, 2.75) is 19.4 Å². The number of carbonyl (C=O) groups is 1. The van der Waals surface area contributed by atoms with E-state index in [1.54, 1.807) is 0 Å². The van der Waals surface area contributed by atoms with Crippen LogP contribution in [0.1, 0.15) is 18.5 Å². The number of ether oxygens (including phenoxy) is 1. The van der Waals surface area contributed by atoms with Gasteiger partial charge in [-0.2, -0.15) is 0 Å². The fourth-order valence-corrected chi connectivity index (χ4v) is 3.76. The SMILES string of the molecule is CCOc1ccc2nc(NC(=O)C(Cc3ccccc3)n3cnnn3)sc2c1. The van der Waals surface area contributed by atoms with Gasteiger partial charge < -0.3 is 10.1 Å². The van der Waals surface area contributed by atoms with Crippen LogP contribution in [0, 0.1) is 0 Å². The second kappa shape index (κ2) is 8.13. The summed E-state index contributed by atoms with van der Waals surface area (Å²) in [6.45, 7) is 2.54. The molecule has 0 aliphatic carbocycles. The van der Waals surface area contributed by atoms with Gasteiger partial charge in [-0.05, 0) is 41.1 Å². The zero-order valence-corrected chi connectivity index (χ0v) is 16.0. The average molecular weight is 394 g/mol. The molecule has 4 aromatic rings. The Morgan fingerprint density at radius 3 is 2.86 bits per heavy atom. The summed E-state index contributed by atoms with van der Waals surface area (Å²) in [4.78, 5) is 17.5. The lowest BCUT2D eigenvalue weighted by molar-refractivity contribution is -0.119. The number of nitrogens with one attached hydrogen (secondary N) is 1. The summed E-state index contributed by atoms with van der Waals surface area (Å²) in [6, 6.07) is 14.9. The highest BCUT2D eigenvalue weighted by atomic mass is 32.1. The van der Waals surface area contributed by atoms with Crippen LogP contribution in [0.2, 0.25) is 0 Å². The first-order valence-corrected chi connectivity index (χ1v) is 9.65. The largest absolute Gasteiger partial charge is 0.494 e. The van der Waals surface area contributed by atoms with E-state index in [0.717, 1.165) is 21.5 Å². The molecular formula is C19H18N6O2S. The van der Waals surface area contributed by atoms with E-state index in [9.17, 15) is 4.79 Å². The van der Waals surface area contributed by atoms with Crippen LogP contribution in [0.25, 0.3) is 10.2 Å². The van der Waals surface area contributed by atoms with Crippen molar-refractivity contribution >= 4 is 32.6 Å². The zero-order valence-electron chi connectivity index (χ0n) is 15.1. The summed E-state index contributed by atoms with van der Waals surface area (Å²) in [5.41, 5.74) is 1.83. The fraction of sp³-hybridized carbons (Fsp3) is 0.211. The van der Waals surface area contributed by atoms with E-state index in [4.69, 9.17) is 4.74 Å². The minimum Gasteiger partial charge on any atom is -0.494 e. The van der Waals surface area contributed by atoms with Crippen molar-refractivity contribution in [1.29, 1.82) is 0 Å². The summed E-state index contributed by atoms with van der Waals surface area (Å²) in [5, 5.41) is 14.7. The lowest BCUT2D eigenvalue weighted by Gasteiger charge is -2.15. The number of fused-ring (bicyclic) bond motifs is 1. The quantitative estimate of drug-likeness (QED) is 0.518. The Labute approximate surface area is 165 Å². The van der Waals surface area contributed by atoms with Gasteiger partial charge in [-0.3, -0.25) is 4.79 Å². The van der Waals surface area contributed by atoms with Crippen LogP contribution in [0.4, 0.5) is 5.13 Å². The molecule has 1 N–H and O–H groups in total. The maximum Gasteiger partial charge on any atom is 0.251 e. The molecule has 0 aliphatic heterocycles. The zero-order chi connectivity index (χ0) is 19.3. The first-order valence-electron chi connectivity index (χ1n) is 8.83. The van der Waals surface area contributed by atoms with E-state index < -0.39 is 6.04 Å². The van der Waals surface area contributed by atoms with Crippen LogP contribution in [-0.4, -0.2) is 37.7 Å². The number of thiazole rings is 1. The van der Waals surface area contributed by atoms with Crippen molar-refractivity contribution in [3.63, 3.8) is 0 Å². The third kappa shape index (κ3) is 3.99. The Bertz CT molecular complexity index is 1060. The molecular weight excluding hydrogens is 376 g/mol. The molecule has 1 unspecified atom stereocenters. The molecule has 0 bridgehead atoms. The Balaban J connectivity index is 1.56. The highest BCUT2D eigenvalue weighted by Crippen LogP contribution is 2.30. The maximum atomic E-state index is 13.0. The third-order valence-electron chi connectivity index (χ3n) is 4.16. The van der Waals surface area contributed by atoms with Gasteiger partial charge in [0.15, 0.2) is 5.13 Å². The summed E-state index contributed by atoms with van der Waals surface area (Å²) in [7, 11) is 0. The summed E-state index contributed by atoms with van der Waals surface area (Å²) in [6.07, 6.45) is 1.91. The standard InChI is InChI=1S/C19H18N6O2S/c1-2-27-14-8-9-15-17(11-14)28-19(21-15)22-18(26)16(25-12-20-23-24-25)10-13-6-4-3-5-7-13/h3-9,11-12,16H,2,10H2,1H3,(H,21,22,26).